The van der Waals surface area contributed by atoms with E-state index in [-0.39, 0.29) is 54.0 Å². The molecule has 2 saturated heterocycles. The van der Waals surface area contributed by atoms with E-state index < -0.39 is 35.7 Å². The number of nitrogens with one attached hydrogen (secondary N) is 2. The summed E-state index contributed by atoms with van der Waals surface area (Å²) >= 11 is 1.49. The van der Waals surface area contributed by atoms with Crippen LogP contribution in [0.3, 0.4) is 0 Å². The van der Waals surface area contributed by atoms with Gasteiger partial charge in [-0.25, -0.2) is 4.98 Å². The number of likely N-dealkylation sites (N-methyl/N-ethyl adjacent to an activating group) is 2. The van der Waals surface area contributed by atoms with E-state index >= 15 is 0 Å². The second kappa shape index (κ2) is 20.2. The highest BCUT2D eigenvalue weighted by atomic mass is 32.1. The minimum atomic E-state index is -0.738. The van der Waals surface area contributed by atoms with Gasteiger partial charge in [-0.05, 0) is 82.2 Å². The van der Waals surface area contributed by atoms with Crippen molar-refractivity contribution in [1.29, 1.82) is 0 Å². The summed E-state index contributed by atoms with van der Waals surface area (Å²) in [6.07, 6.45) is 5.04. The number of benzene rings is 1. The molecule has 3 heterocycles. The lowest BCUT2D eigenvalue weighted by atomic mass is 9.89. The second-order valence-corrected chi connectivity index (χ2v) is 17.4. The summed E-state index contributed by atoms with van der Waals surface area (Å²) in [7, 11) is 6.88. The van der Waals surface area contributed by atoms with E-state index in [9.17, 15) is 19.2 Å². The molecule has 56 heavy (non-hydrogen) atoms. The predicted molar refractivity (Wildman–Crippen MR) is 221 cm³/mol. The van der Waals surface area contributed by atoms with E-state index in [1.54, 1.807) is 32.4 Å². The first kappa shape index (κ1) is 45.1. The van der Waals surface area contributed by atoms with Gasteiger partial charge >= 0.3 is 0 Å². The molecule has 0 saturated carbocycles. The topological polar surface area (TPSA) is 159 Å². The van der Waals surface area contributed by atoms with Gasteiger partial charge in [-0.15, -0.1) is 11.3 Å². The van der Waals surface area contributed by atoms with Crippen LogP contribution in [0.25, 0.3) is 0 Å². The van der Waals surface area contributed by atoms with Gasteiger partial charge < -0.3 is 35.6 Å². The van der Waals surface area contributed by atoms with Crippen molar-refractivity contribution in [3.8, 4) is 0 Å². The summed E-state index contributed by atoms with van der Waals surface area (Å²) in [5, 5.41) is 9.02. The normalized spacial score (nSPS) is 22.6. The van der Waals surface area contributed by atoms with Crippen LogP contribution in [0.1, 0.15) is 96.7 Å². The summed E-state index contributed by atoms with van der Waals surface area (Å²) in [6, 6.07) is 5.76. The van der Waals surface area contributed by atoms with E-state index in [0.29, 0.717) is 25.1 Å². The van der Waals surface area contributed by atoms with Crippen LogP contribution in [-0.4, -0.2) is 121 Å². The Morgan fingerprint density at radius 3 is 2.30 bits per heavy atom. The minimum absolute atomic E-state index is 0.00691. The van der Waals surface area contributed by atoms with Crippen molar-refractivity contribution in [2.75, 3.05) is 47.1 Å². The van der Waals surface area contributed by atoms with Crippen molar-refractivity contribution in [1.82, 2.24) is 30.3 Å². The van der Waals surface area contributed by atoms with Crippen molar-refractivity contribution in [3.05, 3.63) is 46.4 Å². The molecule has 13 nitrogen and oxygen atoms in total. The SMILES string of the molecule is CC[C@H](C)[C@@H]([C@@H](CC(=O)N1CCC[C@H]1[C@H](OC)[C@@H](C)C(=O)N[C@@H](Cc1ccc(N)cc1)c1nccs1)OC)N(C)C(=O)[C@@H](NC(=O)[C@]1(C)CCCN1C)C(C)C. The minimum Gasteiger partial charge on any atom is -0.399 e. The van der Waals surface area contributed by atoms with E-state index in [2.05, 4.69) is 34.4 Å². The van der Waals surface area contributed by atoms with Crippen molar-refractivity contribution in [2.45, 2.75) is 128 Å². The predicted octanol–water partition coefficient (Wildman–Crippen LogP) is 4.67. The maximum absolute atomic E-state index is 14.3. The molecule has 1 aromatic carbocycles. The number of anilines is 1. The van der Waals surface area contributed by atoms with Crippen molar-refractivity contribution >= 4 is 40.7 Å². The number of likely N-dealkylation sites (tertiary alicyclic amines) is 2. The molecule has 14 heteroatoms. The number of hydrogen-bond acceptors (Lipinski definition) is 10. The molecule has 2 aromatic rings. The smallest absolute Gasteiger partial charge is 0.245 e. The Labute approximate surface area is 338 Å². The van der Waals surface area contributed by atoms with Crippen LogP contribution in [0, 0.1) is 17.8 Å². The van der Waals surface area contributed by atoms with Crippen LogP contribution in [0.4, 0.5) is 5.69 Å². The molecule has 4 amide bonds. The van der Waals surface area contributed by atoms with E-state index in [1.807, 2.05) is 69.3 Å². The molecule has 1 aromatic heterocycles. The number of thiazole rings is 1. The molecule has 2 fully saturated rings. The Kier molecular flexibility index (Phi) is 16.3. The number of carbonyl (C=O) groups excluding carboxylic acids is 4. The average Bonchev–Trinajstić information content (AvgIpc) is 3.96. The molecule has 0 bridgehead atoms. The summed E-state index contributed by atoms with van der Waals surface area (Å²) in [5.41, 5.74) is 6.93. The van der Waals surface area contributed by atoms with Gasteiger partial charge in [0.25, 0.3) is 0 Å². The maximum Gasteiger partial charge on any atom is 0.245 e. The van der Waals surface area contributed by atoms with Crippen LogP contribution in [0.15, 0.2) is 35.8 Å². The van der Waals surface area contributed by atoms with Gasteiger partial charge in [-0.2, -0.15) is 0 Å². The molecule has 0 spiro atoms. The molecule has 2 aliphatic heterocycles. The highest BCUT2D eigenvalue weighted by Crippen LogP contribution is 2.31. The third kappa shape index (κ3) is 10.5. The lowest BCUT2D eigenvalue weighted by Gasteiger charge is -2.41. The van der Waals surface area contributed by atoms with E-state index in [1.165, 1.54) is 11.3 Å². The Bertz CT molecular complexity index is 1590. The van der Waals surface area contributed by atoms with Crippen LogP contribution in [-0.2, 0) is 35.1 Å². The third-order valence-electron chi connectivity index (χ3n) is 12.5. The Balaban J connectivity index is 1.48. The van der Waals surface area contributed by atoms with Crippen molar-refractivity contribution in [3.63, 3.8) is 0 Å². The molecule has 0 unspecified atom stereocenters. The molecular weight excluding hydrogens is 731 g/mol. The Morgan fingerprint density at radius 1 is 1.05 bits per heavy atom. The van der Waals surface area contributed by atoms with Gasteiger partial charge in [-0.1, -0.05) is 53.2 Å². The first-order valence-electron chi connectivity index (χ1n) is 20.3. The van der Waals surface area contributed by atoms with Crippen LogP contribution >= 0.6 is 11.3 Å². The molecular formula is C42H67N7O6S. The van der Waals surface area contributed by atoms with E-state index in [4.69, 9.17) is 15.2 Å². The molecule has 9 atom stereocenters. The maximum atomic E-state index is 14.3. The number of aromatic nitrogens is 1. The fourth-order valence-electron chi connectivity index (χ4n) is 8.52. The van der Waals surface area contributed by atoms with E-state index in [0.717, 1.165) is 42.8 Å². The van der Waals surface area contributed by atoms with Gasteiger partial charge in [0.15, 0.2) is 0 Å². The number of ether oxygens (including phenoxy) is 2. The fourth-order valence-corrected chi connectivity index (χ4v) is 9.21. The highest BCUT2D eigenvalue weighted by Gasteiger charge is 2.45. The van der Waals surface area contributed by atoms with Crippen LogP contribution in [0.5, 0.6) is 0 Å². The number of carbonyl (C=O) groups is 4. The molecule has 0 aliphatic carbocycles. The number of nitrogens with two attached hydrogens (primary N) is 1. The molecule has 4 rings (SSSR count). The third-order valence-corrected chi connectivity index (χ3v) is 13.3. The first-order valence-corrected chi connectivity index (χ1v) is 21.1. The van der Waals surface area contributed by atoms with Crippen LogP contribution < -0.4 is 16.4 Å². The van der Waals surface area contributed by atoms with Crippen molar-refractivity contribution < 1.29 is 28.7 Å². The van der Waals surface area contributed by atoms with Gasteiger partial charge in [-0.3, -0.25) is 24.1 Å². The van der Waals surface area contributed by atoms with Gasteiger partial charge in [0.2, 0.25) is 23.6 Å². The number of methoxy groups -OCH3 is 2. The summed E-state index contributed by atoms with van der Waals surface area (Å²) in [5.74, 6) is -1.38. The number of nitrogen functional groups attached to an aromatic ring is 1. The number of rotatable bonds is 19. The largest absolute Gasteiger partial charge is 0.399 e. The zero-order valence-electron chi connectivity index (χ0n) is 35.2. The average molecular weight is 798 g/mol. The molecule has 4 N–H and O–H groups in total. The summed E-state index contributed by atoms with van der Waals surface area (Å²) in [4.78, 5) is 66.3. The Hall–Kier alpha value is -3.59. The first-order chi connectivity index (χ1) is 26.6. The van der Waals surface area contributed by atoms with Gasteiger partial charge in [0, 0.05) is 45.1 Å². The van der Waals surface area contributed by atoms with Crippen LogP contribution in [0.2, 0.25) is 0 Å². The second-order valence-electron chi connectivity index (χ2n) is 16.5. The zero-order valence-corrected chi connectivity index (χ0v) is 36.1. The summed E-state index contributed by atoms with van der Waals surface area (Å²) in [6.45, 7) is 13.1. The number of hydrogen-bond donors (Lipinski definition) is 3. The number of nitrogens with zero attached hydrogens (tertiary/aromatic N) is 4. The zero-order chi connectivity index (χ0) is 41.3. The van der Waals surface area contributed by atoms with Gasteiger partial charge in [0.1, 0.15) is 11.0 Å². The number of amides is 4. The molecule has 0 radical (unpaired) electrons. The lowest BCUT2D eigenvalue weighted by molar-refractivity contribution is -0.148. The highest BCUT2D eigenvalue weighted by molar-refractivity contribution is 7.09. The molecule has 312 valence electrons. The lowest BCUT2D eigenvalue weighted by Crippen LogP contribution is -2.61. The Morgan fingerprint density at radius 2 is 1.75 bits per heavy atom. The van der Waals surface area contributed by atoms with Gasteiger partial charge in [0.05, 0.1) is 48.2 Å². The summed E-state index contributed by atoms with van der Waals surface area (Å²) < 4.78 is 12.1. The van der Waals surface area contributed by atoms with Crippen molar-refractivity contribution in [2.24, 2.45) is 17.8 Å². The fraction of sp³-hybridized carbons (Fsp3) is 0.690. The monoisotopic (exact) mass is 797 g/mol. The standard InChI is InChI=1S/C42H67N7O6S/c1-11-27(4)36(48(8)40(52)35(26(2)3)46-41(53)42(6)19-13-21-47(42)7)33(54-9)25-34(50)49-22-12-14-32(49)37(55-10)28(5)38(51)45-31(39-44-20-23-56-39)24-29-15-17-30(43)18-16-29/h15-18,20,23,26-28,31-33,35-37H,11-14,19,21-22,24-25,43H2,1-10H3,(H,45,51)(H,46,53)/t27-,28+,31-,32-,33+,35-,36-,37+,42-/m0/s1. The molecule has 2 aliphatic rings. The quantitative estimate of drug-likeness (QED) is 0.172.